The first-order valence-corrected chi connectivity index (χ1v) is 12.4. The van der Waals surface area contributed by atoms with Gasteiger partial charge in [0.1, 0.15) is 23.4 Å². The highest BCUT2D eigenvalue weighted by Gasteiger charge is 2.36. The summed E-state index contributed by atoms with van der Waals surface area (Å²) in [5.74, 6) is 0.865. The van der Waals surface area contributed by atoms with Crippen LogP contribution in [0.15, 0.2) is 72.8 Å². The van der Waals surface area contributed by atoms with Gasteiger partial charge in [0.2, 0.25) is 5.91 Å². The topological polar surface area (TPSA) is 82.1 Å². The Balaban J connectivity index is 1.58. The van der Waals surface area contributed by atoms with E-state index in [1.54, 1.807) is 17.0 Å². The van der Waals surface area contributed by atoms with Crippen LogP contribution >= 0.6 is 0 Å². The molecule has 0 bridgehead atoms. The van der Waals surface area contributed by atoms with Gasteiger partial charge in [-0.1, -0.05) is 44.2 Å². The van der Waals surface area contributed by atoms with Gasteiger partial charge in [-0.15, -0.1) is 0 Å². The van der Waals surface area contributed by atoms with Crippen LogP contribution in [0.4, 0.5) is 14.9 Å². The van der Waals surface area contributed by atoms with E-state index in [9.17, 15) is 19.1 Å². The SMILES string of the molecule is Cc1cc(Oc2ccccc2)ccc1NC(C(=O)N1CCN(C(=O)O)[C@@H](C(C)C)C1)c1ccc(F)cc1. The number of hydrogen-bond donors (Lipinski definition) is 2. The quantitative estimate of drug-likeness (QED) is 0.416. The second-order valence-electron chi connectivity index (χ2n) is 9.59. The second kappa shape index (κ2) is 11.3. The van der Waals surface area contributed by atoms with Crippen molar-refractivity contribution < 1.29 is 23.8 Å². The van der Waals surface area contributed by atoms with Crippen LogP contribution in [0.2, 0.25) is 0 Å². The van der Waals surface area contributed by atoms with E-state index < -0.39 is 12.1 Å². The number of halogens is 1. The lowest BCUT2D eigenvalue weighted by Gasteiger charge is -2.43. The fourth-order valence-corrected chi connectivity index (χ4v) is 4.59. The zero-order chi connectivity index (χ0) is 26.5. The molecule has 194 valence electrons. The standard InChI is InChI=1S/C29H32FN3O4/c1-19(2)26-18-32(15-16-33(26)29(35)36)28(34)27(21-9-11-22(30)12-10-21)31-25-14-13-24(17-20(25)3)37-23-7-5-4-6-8-23/h4-14,17,19,26-27,31H,15-16,18H2,1-3H3,(H,35,36)/t26-,27?/m1/s1. The first-order valence-electron chi connectivity index (χ1n) is 12.4. The molecule has 0 aromatic heterocycles. The van der Waals surface area contributed by atoms with Crippen LogP contribution in [0.25, 0.3) is 0 Å². The smallest absolute Gasteiger partial charge is 0.407 e. The first-order chi connectivity index (χ1) is 17.7. The number of carbonyl (C=O) groups excluding carboxylic acids is 1. The molecule has 0 aliphatic carbocycles. The summed E-state index contributed by atoms with van der Waals surface area (Å²) in [6.07, 6.45) is -0.979. The lowest BCUT2D eigenvalue weighted by atomic mass is 9.98. The van der Waals surface area contributed by atoms with Crippen LogP contribution in [0.5, 0.6) is 11.5 Å². The van der Waals surface area contributed by atoms with Gasteiger partial charge in [-0.25, -0.2) is 9.18 Å². The summed E-state index contributed by atoms with van der Waals surface area (Å²) in [4.78, 5) is 28.7. The Labute approximate surface area is 216 Å². The number of amides is 2. The Hall–Kier alpha value is -4.07. The van der Waals surface area contributed by atoms with Crippen molar-refractivity contribution >= 4 is 17.7 Å². The number of ether oxygens (including phenoxy) is 1. The Morgan fingerprint density at radius 1 is 1.00 bits per heavy atom. The molecule has 2 amide bonds. The predicted molar refractivity (Wildman–Crippen MR) is 140 cm³/mol. The van der Waals surface area contributed by atoms with Gasteiger partial charge in [0.25, 0.3) is 0 Å². The Morgan fingerprint density at radius 3 is 2.32 bits per heavy atom. The molecule has 3 aromatic carbocycles. The highest BCUT2D eigenvalue weighted by molar-refractivity contribution is 5.87. The highest BCUT2D eigenvalue weighted by Crippen LogP contribution is 2.30. The number of piperazine rings is 1. The molecule has 2 N–H and O–H groups in total. The third kappa shape index (κ3) is 6.20. The van der Waals surface area contributed by atoms with Gasteiger partial charge in [0, 0.05) is 25.3 Å². The summed E-state index contributed by atoms with van der Waals surface area (Å²) < 4.78 is 19.6. The van der Waals surface area contributed by atoms with Crippen LogP contribution in [-0.2, 0) is 4.79 Å². The predicted octanol–water partition coefficient (Wildman–Crippen LogP) is 5.93. The van der Waals surface area contributed by atoms with Crippen LogP contribution in [0, 0.1) is 18.7 Å². The molecule has 0 radical (unpaired) electrons. The third-order valence-corrected chi connectivity index (χ3v) is 6.67. The summed E-state index contributed by atoms with van der Waals surface area (Å²) in [6, 6.07) is 19.8. The molecular weight excluding hydrogens is 473 g/mol. The van der Waals surface area contributed by atoms with Gasteiger partial charge in [-0.2, -0.15) is 0 Å². The molecule has 0 saturated carbocycles. The number of para-hydroxylation sites is 1. The average Bonchev–Trinajstić information content (AvgIpc) is 2.89. The van der Waals surface area contributed by atoms with Gasteiger partial charge in [0.05, 0.1) is 6.04 Å². The van der Waals surface area contributed by atoms with Gasteiger partial charge < -0.3 is 25.0 Å². The van der Waals surface area contributed by atoms with Gasteiger partial charge in [0.15, 0.2) is 0 Å². The van der Waals surface area contributed by atoms with Crippen LogP contribution < -0.4 is 10.1 Å². The third-order valence-electron chi connectivity index (χ3n) is 6.67. The minimum Gasteiger partial charge on any atom is -0.465 e. The fraction of sp³-hybridized carbons (Fsp3) is 0.310. The molecule has 1 saturated heterocycles. The molecule has 0 spiro atoms. The Kier molecular flexibility index (Phi) is 7.96. The molecule has 1 heterocycles. The average molecular weight is 506 g/mol. The molecule has 1 aliphatic heterocycles. The minimum atomic E-state index is -0.979. The number of aryl methyl sites for hydroxylation is 1. The van der Waals surface area contributed by atoms with E-state index in [0.29, 0.717) is 17.9 Å². The molecule has 8 heteroatoms. The normalized spacial score (nSPS) is 16.4. The maximum atomic E-state index is 13.8. The number of nitrogens with one attached hydrogen (secondary N) is 1. The van der Waals surface area contributed by atoms with Crippen molar-refractivity contribution in [2.75, 3.05) is 25.0 Å². The zero-order valence-corrected chi connectivity index (χ0v) is 21.2. The van der Waals surface area contributed by atoms with Crippen molar-refractivity contribution in [1.82, 2.24) is 9.80 Å². The Bertz CT molecular complexity index is 1230. The molecule has 4 rings (SSSR count). The van der Waals surface area contributed by atoms with E-state index in [4.69, 9.17) is 4.74 Å². The summed E-state index contributed by atoms with van der Waals surface area (Å²) in [7, 11) is 0. The summed E-state index contributed by atoms with van der Waals surface area (Å²) in [5, 5.41) is 13.0. The van der Waals surface area contributed by atoms with Crippen molar-refractivity contribution in [2.45, 2.75) is 32.9 Å². The number of benzene rings is 3. The van der Waals surface area contributed by atoms with E-state index in [-0.39, 0.29) is 36.8 Å². The van der Waals surface area contributed by atoms with Crippen LogP contribution in [0.3, 0.4) is 0 Å². The van der Waals surface area contributed by atoms with Gasteiger partial charge in [-0.05, 0) is 66.4 Å². The number of rotatable bonds is 7. The van der Waals surface area contributed by atoms with Gasteiger partial charge in [-0.3, -0.25) is 4.79 Å². The Morgan fingerprint density at radius 2 is 1.70 bits per heavy atom. The van der Waals surface area contributed by atoms with Crippen molar-refractivity contribution in [3.63, 3.8) is 0 Å². The molecule has 3 aromatic rings. The molecule has 1 unspecified atom stereocenters. The maximum absolute atomic E-state index is 13.8. The fourth-order valence-electron chi connectivity index (χ4n) is 4.59. The largest absolute Gasteiger partial charge is 0.465 e. The molecule has 37 heavy (non-hydrogen) atoms. The number of hydrogen-bond acceptors (Lipinski definition) is 4. The second-order valence-corrected chi connectivity index (χ2v) is 9.59. The van der Waals surface area contributed by atoms with Crippen LogP contribution in [0.1, 0.15) is 31.0 Å². The minimum absolute atomic E-state index is 0.0448. The van der Waals surface area contributed by atoms with Crippen LogP contribution in [-0.4, -0.2) is 52.6 Å². The van der Waals surface area contributed by atoms with Crippen molar-refractivity contribution in [2.24, 2.45) is 5.92 Å². The van der Waals surface area contributed by atoms with E-state index >= 15 is 0 Å². The number of carbonyl (C=O) groups is 2. The molecular formula is C29H32FN3O4. The maximum Gasteiger partial charge on any atom is 0.407 e. The van der Waals surface area contributed by atoms with E-state index in [2.05, 4.69) is 5.32 Å². The highest BCUT2D eigenvalue weighted by atomic mass is 19.1. The van der Waals surface area contributed by atoms with Crippen molar-refractivity contribution in [3.8, 4) is 11.5 Å². The van der Waals surface area contributed by atoms with E-state index in [1.165, 1.54) is 17.0 Å². The monoisotopic (exact) mass is 505 g/mol. The van der Waals surface area contributed by atoms with E-state index in [1.807, 2.05) is 69.3 Å². The zero-order valence-electron chi connectivity index (χ0n) is 21.2. The summed E-state index contributed by atoms with van der Waals surface area (Å²) >= 11 is 0. The molecule has 7 nitrogen and oxygen atoms in total. The van der Waals surface area contributed by atoms with Gasteiger partial charge >= 0.3 is 6.09 Å². The number of carboxylic acid groups (broad SMARTS) is 1. The molecule has 1 fully saturated rings. The first kappa shape index (κ1) is 26.0. The number of anilines is 1. The molecule has 1 aliphatic rings. The van der Waals surface area contributed by atoms with E-state index in [0.717, 1.165) is 17.0 Å². The lowest BCUT2D eigenvalue weighted by Crippen LogP contribution is -2.59. The molecule has 2 atom stereocenters. The lowest BCUT2D eigenvalue weighted by molar-refractivity contribution is -0.135. The number of nitrogens with zero attached hydrogens (tertiary/aromatic N) is 2. The van der Waals surface area contributed by atoms with Crippen molar-refractivity contribution in [3.05, 3.63) is 89.7 Å². The summed E-state index contributed by atoms with van der Waals surface area (Å²) in [5.41, 5.74) is 2.24. The summed E-state index contributed by atoms with van der Waals surface area (Å²) in [6.45, 7) is 6.65. The van der Waals surface area contributed by atoms with Crippen molar-refractivity contribution in [1.29, 1.82) is 0 Å².